The minimum absolute atomic E-state index is 0. The van der Waals surface area contributed by atoms with Gasteiger partial charge in [0.25, 0.3) is 0 Å². The van der Waals surface area contributed by atoms with Crippen molar-refractivity contribution in [2.45, 2.75) is 6.42 Å². The number of halogens is 1. The van der Waals surface area contributed by atoms with Crippen LogP contribution in [-0.2, 0) is 6.42 Å². The molecule has 2 aromatic carbocycles. The molecule has 1 heterocycles. The molecule has 1 aromatic heterocycles. The average Bonchev–Trinajstić information content (AvgIpc) is 2.84. The zero-order valence-corrected chi connectivity index (χ0v) is 11.2. The van der Waals surface area contributed by atoms with Crippen LogP contribution in [0.3, 0.4) is 0 Å². The van der Waals surface area contributed by atoms with Crippen molar-refractivity contribution < 1.29 is 4.42 Å². The van der Waals surface area contributed by atoms with Gasteiger partial charge in [-0.15, -0.1) is 12.4 Å². The quantitative estimate of drug-likeness (QED) is 0.796. The molecule has 0 saturated carbocycles. The molecule has 0 atom stereocenters. The lowest BCUT2D eigenvalue weighted by atomic mass is 10.1. The highest BCUT2D eigenvalue weighted by molar-refractivity contribution is 5.85. The molecule has 2 N–H and O–H groups in total. The van der Waals surface area contributed by atoms with Crippen LogP contribution < -0.4 is 5.73 Å². The van der Waals surface area contributed by atoms with Gasteiger partial charge in [0, 0.05) is 5.56 Å². The first kappa shape index (κ1) is 13.6. The second-order valence-corrected chi connectivity index (χ2v) is 4.22. The number of nitrogens with zero attached hydrogens (tertiary/aromatic N) is 1. The molecule has 0 aliphatic heterocycles. The molecular formula is C15H15ClN2O. The Balaban J connectivity index is 0.00000133. The summed E-state index contributed by atoms with van der Waals surface area (Å²) in [7, 11) is 0. The van der Waals surface area contributed by atoms with E-state index >= 15 is 0 Å². The minimum Gasteiger partial charge on any atom is -0.436 e. The summed E-state index contributed by atoms with van der Waals surface area (Å²) in [5.74, 6) is 0.662. The predicted octanol–water partition coefficient (Wildman–Crippen LogP) is 3.42. The number of benzene rings is 2. The summed E-state index contributed by atoms with van der Waals surface area (Å²) >= 11 is 0. The SMILES string of the molecule is Cl.NCCc1ccc(-c2nc3ccccc3o2)cc1. The van der Waals surface area contributed by atoms with E-state index in [-0.39, 0.29) is 12.4 Å². The van der Waals surface area contributed by atoms with Gasteiger partial charge in [-0.1, -0.05) is 24.3 Å². The molecule has 0 unspecified atom stereocenters. The summed E-state index contributed by atoms with van der Waals surface area (Å²) in [6, 6.07) is 16.0. The zero-order valence-electron chi connectivity index (χ0n) is 10.4. The van der Waals surface area contributed by atoms with Crippen molar-refractivity contribution in [3.8, 4) is 11.5 Å². The molecule has 0 spiro atoms. The highest BCUT2D eigenvalue weighted by Crippen LogP contribution is 2.24. The van der Waals surface area contributed by atoms with Gasteiger partial charge in [0.1, 0.15) is 5.52 Å². The van der Waals surface area contributed by atoms with Gasteiger partial charge < -0.3 is 10.2 Å². The molecule has 0 aliphatic rings. The van der Waals surface area contributed by atoms with Crippen molar-refractivity contribution in [1.29, 1.82) is 0 Å². The van der Waals surface area contributed by atoms with Crippen molar-refractivity contribution in [3.05, 3.63) is 54.1 Å². The fourth-order valence-corrected chi connectivity index (χ4v) is 1.98. The Morgan fingerprint density at radius 2 is 1.74 bits per heavy atom. The average molecular weight is 275 g/mol. The highest BCUT2D eigenvalue weighted by Gasteiger charge is 2.07. The van der Waals surface area contributed by atoms with Crippen LogP contribution in [0.5, 0.6) is 0 Å². The van der Waals surface area contributed by atoms with E-state index < -0.39 is 0 Å². The van der Waals surface area contributed by atoms with E-state index in [1.807, 2.05) is 36.4 Å². The van der Waals surface area contributed by atoms with Gasteiger partial charge in [-0.3, -0.25) is 0 Å². The molecule has 0 fully saturated rings. The third-order valence-corrected chi connectivity index (χ3v) is 2.93. The van der Waals surface area contributed by atoms with Gasteiger partial charge in [-0.05, 0) is 42.8 Å². The van der Waals surface area contributed by atoms with Gasteiger partial charge in [0.2, 0.25) is 5.89 Å². The van der Waals surface area contributed by atoms with Crippen LogP contribution in [0, 0.1) is 0 Å². The summed E-state index contributed by atoms with van der Waals surface area (Å²) in [4.78, 5) is 4.47. The van der Waals surface area contributed by atoms with Gasteiger partial charge >= 0.3 is 0 Å². The van der Waals surface area contributed by atoms with Crippen molar-refractivity contribution in [2.75, 3.05) is 6.54 Å². The van der Waals surface area contributed by atoms with E-state index in [0.29, 0.717) is 12.4 Å². The second-order valence-electron chi connectivity index (χ2n) is 4.22. The molecule has 0 radical (unpaired) electrons. The first-order chi connectivity index (χ1) is 8.86. The van der Waals surface area contributed by atoms with Crippen LogP contribution in [0.15, 0.2) is 52.9 Å². The van der Waals surface area contributed by atoms with Crippen LogP contribution in [0.25, 0.3) is 22.6 Å². The Hall–Kier alpha value is -1.84. The Labute approximate surface area is 117 Å². The van der Waals surface area contributed by atoms with Crippen LogP contribution in [0.2, 0.25) is 0 Å². The number of para-hydroxylation sites is 2. The smallest absolute Gasteiger partial charge is 0.227 e. The summed E-state index contributed by atoms with van der Waals surface area (Å²) in [6.07, 6.45) is 0.897. The van der Waals surface area contributed by atoms with E-state index in [1.54, 1.807) is 0 Å². The number of oxazole rings is 1. The molecule has 0 aliphatic carbocycles. The number of fused-ring (bicyclic) bond motifs is 1. The first-order valence-electron chi connectivity index (χ1n) is 6.02. The minimum atomic E-state index is 0. The normalized spacial score (nSPS) is 10.4. The van der Waals surface area contributed by atoms with Crippen LogP contribution >= 0.6 is 12.4 Å². The summed E-state index contributed by atoms with van der Waals surface area (Å²) in [5.41, 5.74) is 9.46. The lowest BCUT2D eigenvalue weighted by molar-refractivity contribution is 0.620. The Kier molecular flexibility index (Phi) is 4.20. The van der Waals surface area contributed by atoms with Crippen LogP contribution in [0.1, 0.15) is 5.56 Å². The van der Waals surface area contributed by atoms with Gasteiger partial charge in [0.15, 0.2) is 5.58 Å². The van der Waals surface area contributed by atoms with Crippen molar-refractivity contribution >= 4 is 23.5 Å². The standard InChI is InChI=1S/C15H14N2O.ClH/c16-10-9-11-5-7-12(8-6-11)15-17-13-3-1-2-4-14(13)18-15;/h1-8H,9-10,16H2;1H. The van der Waals surface area contributed by atoms with Gasteiger partial charge in [-0.25, -0.2) is 4.98 Å². The molecule has 0 bridgehead atoms. The predicted molar refractivity (Wildman–Crippen MR) is 79.5 cm³/mol. The van der Waals surface area contributed by atoms with E-state index in [1.165, 1.54) is 5.56 Å². The fourth-order valence-electron chi connectivity index (χ4n) is 1.98. The zero-order chi connectivity index (χ0) is 12.4. The Bertz CT molecular complexity index is 628. The molecule has 19 heavy (non-hydrogen) atoms. The fraction of sp³-hybridized carbons (Fsp3) is 0.133. The topological polar surface area (TPSA) is 52.0 Å². The van der Waals surface area contributed by atoms with Crippen molar-refractivity contribution in [1.82, 2.24) is 4.98 Å². The molecular weight excluding hydrogens is 260 g/mol. The number of aromatic nitrogens is 1. The number of rotatable bonds is 3. The highest BCUT2D eigenvalue weighted by atomic mass is 35.5. The van der Waals surface area contributed by atoms with E-state index in [9.17, 15) is 0 Å². The number of hydrogen-bond donors (Lipinski definition) is 1. The maximum absolute atomic E-state index is 5.72. The van der Waals surface area contributed by atoms with Crippen LogP contribution in [0.4, 0.5) is 0 Å². The molecule has 0 amide bonds. The lowest BCUT2D eigenvalue weighted by Gasteiger charge is -1.99. The van der Waals surface area contributed by atoms with E-state index in [0.717, 1.165) is 23.1 Å². The van der Waals surface area contributed by atoms with E-state index in [2.05, 4.69) is 17.1 Å². The van der Waals surface area contributed by atoms with E-state index in [4.69, 9.17) is 10.2 Å². The molecule has 4 heteroatoms. The molecule has 3 rings (SSSR count). The number of hydrogen-bond acceptors (Lipinski definition) is 3. The number of nitrogens with two attached hydrogens (primary N) is 1. The molecule has 0 saturated heterocycles. The largest absolute Gasteiger partial charge is 0.436 e. The molecule has 98 valence electrons. The second kappa shape index (κ2) is 5.87. The van der Waals surface area contributed by atoms with Crippen molar-refractivity contribution in [2.24, 2.45) is 5.73 Å². The Morgan fingerprint density at radius 3 is 2.42 bits per heavy atom. The summed E-state index contributed by atoms with van der Waals surface area (Å²) in [5, 5.41) is 0. The van der Waals surface area contributed by atoms with Gasteiger partial charge in [-0.2, -0.15) is 0 Å². The third kappa shape index (κ3) is 2.78. The molecule has 3 aromatic rings. The monoisotopic (exact) mass is 274 g/mol. The maximum Gasteiger partial charge on any atom is 0.227 e. The van der Waals surface area contributed by atoms with Crippen molar-refractivity contribution in [3.63, 3.8) is 0 Å². The summed E-state index contributed by atoms with van der Waals surface area (Å²) < 4.78 is 5.72. The third-order valence-electron chi connectivity index (χ3n) is 2.93. The lowest BCUT2D eigenvalue weighted by Crippen LogP contribution is -2.02. The molecule has 3 nitrogen and oxygen atoms in total. The first-order valence-corrected chi connectivity index (χ1v) is 6.02. The Morgan fingerprint density at radius 1 is 1.00 bits per heavy atom. The van der Waals surface area contributed by atoms with Crippen LogP contribution in [-0.4, -0.2) is 11.5 Å². The van der Waals surface area contributed by atoms with Gasteiger partial charge in [0.05, 0.1) is 0 Å². The maximum atomic E-state index is 5.72. The summed E-state index contributed by atoms with van der Waals surface area (Å²) in [6.45, 7) is 0.669.